The second-order valence-electron chi connectivity index (χ2n) is 4.23. The molecule has 3 nitrogen and oxygen atoms in total. The van der Waals surface area contributed by atoms with Gasteiger partial charge in [0, 0.05) is 4.47 Å². The van der Waals surface area contributed by atoms with E-state index in [1.807, 2.05) is 36.4 Å². The highest BCUT2D eigenvalue weighted by atomic mass is 79.9. The van der Waals surface area contributed by atoms with Crippen LogP contribution in [-0.4, -0.2) is 15.0 Å². The Morgan fingerprint density at radius 1 is 1.00 bits per heavy atom. The van der Waals surface area contributed by atoms with Crippen LogP contribution in [-0.2, 0) is 0 Å². The maximum Gasteiger partial charge on any atom is 0.167 e. The zero-order chi connectivity index (χ0) is 12.8. The maximum absolute atomic E-state index is 4.62. The first kappa shape index (κ1) is 11.1. The summed E-state index contributed by atoms with van der Waals surface area (Å²) in [4.78, 5) is 12.5. The molecule has 0 radical (unpaired) electrons. The first-order valence-electron chi connectivity index (χ1n) is 5.81. The lowest BCUT2D eigenvalue weighted by molar-refractivity contribution is 1.31. The summed E-state index contributed by atoms with van der Waals surface area (Å²) in [7, 11) is 0. The van der Waals surface area contributed by atoms with Crippen molar-refractivity contribution in [2.75, 3.05) is 0 Å². The molecule has 2 aromatic heterocycles. The van der Waals surface area contributed by atoms with Gasteiger partial charge in [0.2, 0.25) is 0 Å². The van der Waals surface area contributed by atoms with Crippen molar-refractivity contribution in [2.24, 2.45) is 0 Å². The molecular formula is C14H8BrN3S. The average Bonchev–Trinajstić information content (AvgIpc) is 3.00. The second-order valence-corrected chi connectivity index (χ2v) is 6.18. The number of thiazole rings is 1. The van der Waals surface area contributed by atoms with E-state index in [9.17, 15) is 0 Å². The molecule has 4 rings (SSSR count). The molecule has 19 heavy (non-hydrogen) atoms. The highest BCUT2D eigenvalue weighted by molar-refractivity contribution is 9.10. The van der Waals surface area contributed by atoms with Gasteiger partial charge >= 0.3 is 0 Å². The molecule has 0 aliphatic carbocycles. The lowest BCUT2D eigenvalue weighted by atomic mass is 10.3. The maximum atomic E-state index is 4.62. The largest absolute Gasteiger partial charge is 0.336 e. The summed E-state index contributed by atoms with van der Waals surface area (Å²) in [6.07, 6.45) is 0. The van der Waals surface area contributed by atoms with Crippen LogP contribution in [0.15, 0.2) is 46.9 Å². The van der Waals surface area contributed by atoms with E-state index < -0.39 is 0 Å². The number of aromatic nitrogens is 3. The van der Waals surface area contributed by atoms with Crippen LogP contribution in [0.2, 0.25) is 0 Å². The van der Waals surface area contributed by atoms with Crippen molar-refractivity contribution in [2.45, 2.75) is 0 Å². The Morgan fingerprint density at radius 3 is 2.79 bits per heavy atom. The number of nitrogens with zero attached hydrogens (tertiary/aromatic N) is 2. The Balaban J connectivity index is 1.93. The highest BCUT2D eigenvalue weighted by Crippen LogP contribution is 2.31. The minimum Gasteiger partial charge on any atom is -0.336 e. The van der Waals surface area contributed by atoms with E-state index >= 15 is 0 Å². The van der Waals surface area contributed by atoms with Crippen molar-refractivity contribution >= 4 is 48.5 Å². The summed E-state index contributed by atoms with van der Waals surface area (Å²) in [6.45, 7) is 0. The molecule has 0 saturated carbocycles. The van der Waals surface area contributed by atoms with Gasteiger partial charge < -0.3 is 4.98 Å². The quantitative estimate of drug-likeness (QED) is 0.554. The van der Waals surface area contributed by atoms with Gasteiger partial charge in [0.25, 0.3) is 0 Å². The van der Waals surface area contributed by atoms with Crippen molar-refractivity contribution in [1.82, 2.24) is 15.0 Å². The molecule has 0 amide bonds. The lowest BCUT2D eigenvalue weighted by Crippen LogP contribution is -1.77. The smallest absolute Gasteiger partial charge is 0.167 e. The van der Waals surface area contributed by atoms with Crippen LogP contribution in [0.5, 0.6) is 0 Å². The molecule has 0 aliphatic heterocycles. The normalized spacial score (nSPS) is 11.4. The Bertz CT molecular complexity index is 861. The van der Waals surface area contributed by atoms with Crippen LogP contribution < -0.4 is 0 Å². The van der Waals surface area contributed by atoms with Gasteiger partial charge in [-0.1, -0.05) is 28.1 Å². The van der Waals surface area contributed by atoms with Crippen LogP contribution in [0.4, 0.5) is 0 Å². The molecule has 5 heteroatoms. The molecule has 0 atom stereocenters. The van der Waals surface area contributed by atoms with E-state index in [-0.39, 0.29) is 0 Å². The molecule has 0 fully saturated rings. The number of benzene rings is 2. The van der Waals surface area contributed by atoms with Crippen molar-refractivity contribution in [1.29, 1.82) is 0 Å². The molecule has 1 N–H and O–H groups in total. The zero-order valence-corrected chi connectivity index (χ0v) is 12.1. The molecular weight excluding hydrogens is 322 g/mol. The van der Waals surface area contributed by atoms with Gasteiger partial charge in [-0.25, -0.2) is 9.97 Å². The Labute approximate surface area is 121 Å². The monoisotopic (exact) mass is 329 g/mol. The van der Waals surface area contributed by atoms with E-state index in [1.54, 1.807) is 11.3 Å². The van der Waals surface area contributed by atoms with Crippen LogP contribution in [0.25, 0.3) is 32.1 Å². The number of hydrogen-bond acceptors (Lipinski definition) is 3. The van der Waals surface area contributed by atoms with Gasteiger partial charge in [-0.05, 0) is 30.3 Å². The molecule has 92 valence electrons. The molecule has 0 unspecified atom stereocenters. The Hall–Kier alpha value is -1.72. The topological polar surface area (TPSA) is 41.6 Å². The molecule has 0 spiro atoms. The van der Waals surface area contributed by atoms with Crippen molar-refractivity contribution < 1.29 is 0 Å². The molecule has 2 heterocycles. The van der Waals surface area contributed by atoms with Gasteiger partial charge in [-0.15, -0.1) is 11.3 Å². The van der Waals surface area contributed by atoms with E-state index in [1.165, 1.54) is 0 Å². The molecule has 2 aromatic carbocycles. The van der Waals surface area contributed by atoms with Crippen LogP contribution in [0.3, 0.4) is 0 Å². The summed E-state index contributed by atoms with van der Waals surface area (Å²) in [5, 5.41) is 0.921. The summed E-state index contributed by atoms with van der Waals surface area (Å²) >= 11 is 5.13. The number of nitrogens with one attached hydrogen (secondary N) is 1. The molecule has 0 bridgehead atoms. The molecule has 0 aliphatic rings. The third-order valence-electron chi connectivity index (χ3n) is 2.94. The second kappa shape index (κ2) is 4.15. The summed E-state index contributed by atoms with van der Waals surface area (Å²) in [6, 6.07) is 14.1. The molecule has 4 aromatic rings. The standard InChI is InChI=1S/C14H8BrN3S/c15-8-5-6-11-12(7-8)19-14(18-11)13-16-9-3-1-2-4-10(9)17-13/h1-7H,(H,16,17). The number of imidazole rings is 1. The fourth-order valence-corrected chi connectivity index (χ4v) is 3.52. The fourth-order valence-electron chi connectivity index (χ4n) is 2.05. The van der Waals surface area contributed by atoms with Gasteiger partial charge in [-0.2, -0.15) is 0 Å². The van der Waals surface area contributed by atoms with Crippen LogP contribution >= 0.6 is 27.3 Å². The summed E-state index contributed by atoms with van der Waals surface area (Å²) in [5.74, 6) is 0.832. The van der Waals surface area contributed by atoms with Crippen LogP contribution in [0.1, 0.15) is 0 Å². The lowest BCUT2D eigenvalue weighted by Gasteiger charge is -1.86. The van der Waals surface area contributed by atoms with E-state index in [0.717, 1.165) is 36.6 Å². The third kappa shape index (κ3) is 1.86. The van der Waals surface area contributed by atoms with Crippen molar-refractivity contribution in [3.8, 4) is 10.8 Å². The van der Waals surface area contributed by atoms with E-state index in [2.05, 4.69) is 36.9 Å². The first-order valence-corrected chi connectivity index (χ1v) is 7.42. The van der Waals surface area contributed by atoms with E-state index in [0.29, 0.717) is 0 Å². The average molecular weight is 330 g/mol. The summed E-state index contributed by atoms with van der Waals surface area (Å²) in [5.41, 5.74) is 3.01. The van der Waals surface area contributed by atoms with Gasteiger partial charge in [0.15, 0.2) is 10.8 Å². The third-order valence-corrected chi connectivity index (χ3v) is 4.46. The number of halogens is 1. The minimum atomic E-state index is 0.832. The van der Waals surface area contributed by atoms with Crippen molar-refractivity contribution in [3.05, 3.63) is 46.9 Å². The van der Waals surface area contributed by atoms with Gasteiger partial charge in [-0.3, -0.25) is 0 Å². The minimum absolute atomic E-state index is 0.832. The number of hydrogen-bond donors (Lipinski definition) is 1. The number of rotatable bonds is 1. The van der Waals surface area contributed by atoms with Gasteiger partial charge in [0.05, 0.1) is 21.3 Å². The Kier molecular flexibility index (Phi) is 2.43. The number of fused-ring (bicyclic) bond motifs is 2. The highest BCUT2D eigenvalue weighted by Gasteiger charge is 2.10. The first-order chi connectivity index (χ1) is 9.29. The SMILES string of the molecule is Brc1ccc2nc(-c3nc4ccccc4[nH]3)sc2c1. The van der Waals surface area contributed by atoms with Gasteiger partial charge in [0.1, 0.15) is 0 Å². The Morgan fingerprint density at radius 2 is 1.89 bits per heavy atom. The molecule has 0 saturated heterocycles. The fraction of sp³-hybridized carbons (Fsp3) is 0. The van der Waals surface area contributed by atoms with Crippen LogP contribution in [0, 0.1) is 0 Å². The number of aromatic amines is 1. The predicted molar refractivity (Wildman–Crippen MR) is 82.4 cm³/mol. The number of H-pyrrole nitrogens is 1. The predicted octanol–water partition coefficient (Wildman–Crippen LogP) is 4.60. The zero-order valence-electron chi connectivity index (χ0n) is 9.72. The van der Waals surface area contributed by atoms with Crippen molar-refractivity contribution in [3.63, 3.8) is 0 Å². The van der Waals surface area contributed by atoms with E-state index in [4.69, 9.17) is 0 Å². The number of para-hydroxylation sites is 2. The summed E-state index contributed by atoms with van der Waals surface area (Å²) < 4.78 is 2.23.